The van der Waals surface area contributed by atoms with Gasteiger partial charge in [0.25, 0.3) is 0 Å². The average Bonchev–Trinajstić information content (AvgIpc) is 2.43. The fourth-order valence-corrected chi connectivity index (χ4v) is 1.50. The van der Waals surface area contributed by atoms with Crippen molar-refractivity contribution >= 4 is 23.3 Å². The molecule has 1 aromatic rings. The van der Waals surface area contributed by atoms with Crippen molar-refractivity contribution in [3.05, 3.63) is 43.5 Å². The maximum absolute atomic E-state index is 11.4. The summed E-state index contributed by atoms with van der Waals surface area (Å²) in [5.74, 6) is -2.26. The lowest BCUT2D eigenvalue weighted by molar-refractivity contribution is -0.422. The van der Waals surface area contributed by atoms with E-state index in [0.29, 0.717) is 0 Å². The standard InChI is InChI=1S/C10H8N2O8/c1-19-9(13)5-3-4-6(10(14)20-2)8(12(17)18)7(5)11(15)16/h3-4H,1-2H3. The Balaban J connectivity index is 3.76. The molecular weight excluding hydrogens is 276 g/mol. The van der Waals surface area contributed by atoms with Crippen molar-refractivity contribution in [2.75, 3.05) is 14.2 Å². The number of hydrogen-bond acceptors (Lipinski definition) is 8. The smallest absolute Gasteiger partial charge is 0.361 e. The van der Waals surface area contributed by atoms with Gasteiger partial charge in [0.2, 0.25) is 0 Å². The van der Waals surface area contributed by atoms with Crippen molar-refractivity contribution in [2.45, 2.75) is 0 Å². The molecule has 0 aliphatic carbocycles. The largest absolute Gasteiger partial charge is 0.465 e. The van der Waals surface area contributed by atoms with Gasteiger partial charge >= 0.3 is 23.3 Å². The second-order valence-corrected chi connectivity index (χ2v) is 3.36. The predicted molar refractivity (Wildman–Crippen MR) is 62.4 cm³/mol. The van der Waals surface area contributed by atoms with Gasteiger partial charge in [-0.3, -0.25) is 20.2 Å². The molecule has 106 valence electrons. The molecule has 0 saturated heterocycles. The Morgan fingerprint density at radius 2 is 1.20 bits per heavy atom. The van der Waals surface area contributed by atoms with Crippen LogP contribution in [0, 0.1) is 20.2 Å². The molecule has 10 heteroatoms. The molecule has 1 aromatic carbocycles. The molecule has 0 saturated carbocycles. The van der Waals surface area contributed by atoms with E-state index >= 15 is 0 Å². The quantitative estimate of drug-likeness (QED) is 0.454. The number of benzene rings is 1. The number of methoxy groups -OCH3 is 2. The highest BCUT2D eigenvalue weighted by Crippen LogP contribution is 2.35. The zero-order valence-corrected chi connectivity index (χ0v) is 10.3. The SMILES string of the molecule is COC(=O)c1ccc(C(=O)OC)c([N+](=O)[O-])c1[N+](=O)[O-]. The van der Waals surface area contributed by atoms with Gasteiger partial charge in [-0.1, -0.05) is 0 Å². The lowest BCUT2D eigenvalue weighted by Gasteiger charge is -2.05. The van der Waals surface area contributed by atoms with E-state index < -0.39 is 44.3 Å². The van der Waals surface area contributed by atoms with Crippen LogP contribution in [0.3, 0.4) is 0 Å². The van der Waals surface area contributed by atoms with Crippen molar-refractivity contribution < 1.29 is 28.9 Å². The molecule has 0 N–H and O–H groups in total. The topological polar surface area (TPSA) is 139 Å². The van der Waals surface area contributed by atoms with Gasteiger partial charge in [0.05, 0.1) is 24.1 Å². The summed E-state index contributed by atoms with van der Waals surface area (Å²) < 4.78 is 8.61. The predicted octanol–water partition coefficient (Wildman–Crippen LogP) is 1.08. The van der Waals surface area contributed by atoms with E-state index in [9.17, 15) is 29.8 Å². The Bertz CT molecular complexity index is 557. The first kappa shape index (κ1) is 15.0. The number of rotatable bonds is 4. The zero-order chi connectivity index (χ0) is 15.4. The summed E-state index contributed by atoms with van der Waals surface area (Å²) in [6.07, 6.45) is 0. The third kappa shape index (κ3) is 2.53. The highest BCUT2D eigenvalue weighted by molar-refractivity contribution is 6.02. The Hall–Kier alpha value is -3.04. The number of nitro groups is 2. The molecule has 0 atom stereocenters. The minimum Gasteiger partial charge on any atom is -0.465 e. The second kappa shape index (κ2) is 5.73. The molecule has 0 aromatic heterocycles. The summed E-state index contributed by atoms with van der Waals surface area (Å²) in [4.78, 5) is 42.5. The normalized spacial score (nSPS) is 9.70. The van der Waals surface area contributed by atoms with Gasteiger partial charge < -0.3 is 9.47 Å². The van der Waals surface area contributed by atoms with Crippen LogP contribution in [-0.2, 0) is 9.47 Å². The molecule has 0 radical (unpaired) electrons. The number of carbonyl (C=O) groups excluding carboxylic acids is 2. The molecule has 1 rings (SSSR count). The highest BCUT2D eigenvalue weighted by atomic mass is 16.6. The van der Waals surface area contributed by atoms with E-state index in [4.69, 9.17) is 0 Å². The molecule has 0 fully saturated rings. The average molecular weight is 284 g/mol. The first-order valence-electron chi connectivity index (χ1n) is 4.97. The first-order chi connectivity index (χ1) is 9.34. The maximum atomic E-state index is 11.4. The van der Waals surface area contributed by atoms with Crippen LogP contribution in [-0.4, -0.2) is 36.0 Å². The molecule has 10 nitrogen and oxygen atoms in total. The third-order valence-corrected chi connectivity index (χ3v) is 2.33. The van der Waals surface area contributed by atoms with Crippen molar-refractivity contribution in [1.29, 1.82) is 0 Å². The highest BCUT2D eigenvalue weighted by Gasteiger charge is 2.38. The van der Waals surface area contributed by atoms with E-state index in [1.54, 1.807) is 0 Å². The van der Waals surface area contributed by atoms with E-state index in [-0.39, 0.29) is 0 Å². The number of carbonyl (C=O) groups is 2. The Morgan fingerprint density at radius 3 is 1.40 bits per heavy atom. The van der Waals surface area contributed by atoms with Crippen LogP contribution in [0.4, 0.5) is 11.4 Å². The number of hydrogen-bond donors (Lipinski definition) is 0. The summed E-state index contributed by atoms with van der Waals surface area (Å²) in [7, 11) is 1.93. The van der Waals surface area contributed by atoms with Gasteiger partial charge in [0.15, 0.2) is 0 Å². The summed E-state index contributed by atoms with van der Waals surface area (Å²) in [5.41, 5.74) is -3.50. The third-order valence-electron chi connectivity index (χ3n) is 2.33. The number of ether oxygens (including phenoxy) is 2. The second-order valence-electron chi connectivity index (χ2n) is 3.36. The van der Waals surface area contributed by atoms with Gasteiger partial charge in [0, 0.05) is 0 Å². The van der Waals surface area contributed by atoms with Crippen LogP contribution in [0.1, 0.15) is 20.7 Å². The van der Waals surface area contributed by atoms with Crippen molar-refractivity contribution in [2.24, 2.45) is 0 Å². The van der Waals surface area contributed by atoms with Gasteiger partial charge in [-0.15, -0.1) is 0 Å². The first-order valence-corrected chi connectivity index (χ1v) is 4.97. The van der Waals surface area contributed by atoms with E-state index in [1.165, 1.54) is 0 Å². The van der Waals surface area contributed by atoms with Crippen LogP contribution in [0.2, 0.25) is 0 Å². The molecule has 0 heterocycles. The Kier molecular flexibility index (Phi) is 4.31. The number of nitrogens with zero attached hydrogens (tertiary/aromatic N) is 2. The van der Waals surface area contributed by atoms with E-state index in [1.807, 2.05) is 0 Å². The minimum atomic E-state index is -1.13. The Morgan fingerprint density at radius 1 is 0.900 bits per heavy atom. The van der Waals surface area contributed by atoms with Crippen molar-refractivity contribution in [3.8, 4) is 0 Å². The monoisotopic (exact) mass is 284 g/mol. The van der Waals surface area contributed by atoms with Gasteiger partial charge in [-0.05, 0) is 12.1 Å². The summed E-state index contributed by atoms with van der Waals surface area (Å²) >= 11 is 0. The van der Waals surface area contributed by atoms with Crippen LogP contribution < -0.4 is 0 Å². The zero-order valence-electron chi connectivity index (χ0n) is 10.3. The van der Waals surface area contributed by atoms with Gasteiger partial charge in [-0.25, -0.2) is 9.59 Å². The fraction of sp³-hybridized carbons (Fsp3) is 0.200. The van der Waals surface area contributed by atoms with Crippen LogP contribution >= 0.6 is 0 Å². The molecule has 20 heavy (non-hydrogen) atoms. The van der Waals surface area contributed by atoms with E-state index in [0.717, 1.165) is 26.4 Å². The maximum Gasteiger partial charge on any atom is 0.361 e. The van der Waals surface area contributed by atoms with Gasteiger partial charge in [-0.2, -0.15) is 0 Å². The molecule has 0 aliphatic rings. The summed E-state index contributed by atoms with van der Waals surface area (Å²) in [6, 6.07) is 1.78. The number of nitro benzene ring substituents is 2. The summed E-state index contributed by atoms with van der Waals surface area (Å²) in [6.45, 7) is 0. The van der Waals surface area contributed by atoms with Crippen molar-refractivity contribution in [3.63, 3.8) is 0 Å². The molecule has 0 amide bonds. The van der Waals surface area contributed by atoms with Crippen LogP contribution in [0.25, 0.3) is 0 Å². The Labute approximate surface area is 111 Å². The summed E-state index contributed by atoms with van der Waals surface area (Å²) in [5, 5.41) is 21.9. The molecule has 0 spiro atoms. The molecule has 0 aliphatic heterocycles. The molecule has 0 bridgehead atoms. The lowest BCUT2D eigenvalue weighted by Crippen LogP contribution is -2.12. The fourth-order valence-electron chi connectivity index (χ4n) is 1.50. The number of esters is 2. The molecular formula is C10H8N2O8. The molecule has 0 unspecified atom stereocenters. The van der Waals surface area contributed by atoms with E-state index in [2.05, 4.69) is 9.47 Å². The van der Waals surface area contributed by atoms with Crippen LogP contribution in [0.15, 0.2) is 12.1 Å². The minimum absolute atomic E-state index is 0.628. The van der Waals surface area contributed by atoms with Crippen LogP contribution in [0.5, 0.6) is 0 Å². The lowest BCUT2D eigenvalue weighted by atomic mass is 10.1. The van der Waals surface area contributed by atoms with Crippen molar-refractivity contribution in [1.82, 2.24) is 0 Å². The van der Waals surface area contributed by atoms with Gasteiger partial charge in [0.1, 0.15) is 11.1 Å².